The average Bonchev–Trinajstić information content (AvgIpc) is 3.01. The van der Waals surface area contributed by atoms with Crippen molar-refractivity contribution in [2.75, 3.05) is 5.32 Å². The largest absolute Gasteiger partial charge is 0.373 e. The molecule has 1 aromatic rings. The first-order valence-corrected chi connectivity index (χ1v) is 6.14. The zero-order valence-electron chi connectivity index (χ0n) is 10.1. The van der Waals surface area contributed by atoms with Crippen LogP contribution in [0.2, 0.25) is 0 Å². The van der Waals surface area contributed by atoms with Crippen LogP contribution in [0, 0.1) is 21.4 Å². The summed E-state index contributed by atoms with van der Waals surface area (Å²) in [5, 5.41) is 22.8. The quantitative estimate of drug-likeness (QED) is 0.654. The molecular weight excluding hydrogens is 248 g/mol. The van der Waals surface area contributed by atoms with Gasteiger partial charge in [0, 0.05) is 12.3 Å². The van der Waals surface area contributed by atoms with Gasteiger partial charge in [-0.3, -0.25) is 10.1 Å². The van der Waals surface area contributed by atoms with Crippen molar-refractivity contribution in [3.63, 3.8) is 0 Å². The third kappa shape index (κ3) is 2.11. The van der Waals surface area contributed by atoms with Crippen LogP contribution in [0.3, 0.4) is 0 Å². The van der Waals surface area contributed by atoms with Gasteiger partial charge in [0.05, 0.1) is 28.7 Å². The summed E-state index contributed by atoms with van der Waals surface area (Å²) in [4.78, 5) is 14.5. The fourth-order valence-electron chi connectivity index (χ4n) is 2.73. The molecule has 2 saturated heterocycles. The van der Waals surface area contributed by atoms with Gasteiger partial charge >= 0.3 is 5.69 Å². The lowest BCUT2D eigenvalue weighted by atomic mass is 9.95. The summed E-state index contributed by atoms with van der Waals surface area (Å²) in [7, 11) is 0. The van der Waals surface area contributed by atoms with Crippen molar-refractivity contribution in [1.82, 2.24) is 4.98 Å². The molecule has 1 aromatic heterocycles. The van der Waals surface area contributed by atoms with E-state index >= 15 is 0 Å². The number of anilines is 1. The molecule has 2 fully saturated rings. The minimum atomic E-state index is -0.524. The van der Waals surface area contributed by atoms with Crippen LogP contribution in [0.1, 0.15) is 24.8 Å². The van der Waals surface area contributed by atoms with Crippen LogP contribution in [0.4, 0.5) is 11.5 Å². The number of nitro groups is 1. The van der Waals surface area contributed by atoms with Gasteiger partial charge in [0.2, 0.25) is 5.82 Å². The molecule has 7 nitrogen and oxygen atoms in total. The van der Waals surface area contributed by atoms with Gasteiger partial charge in [-0.1, -0.05) is 0 Å². The van der Waals surface area contributed by atoms with Gasteiger partial charge in [-0.2, -0.15) is 5.26 Å². The number of pyridine rings is 1. The van der Waals surface area contributed by atoms with Crippen LogP contribution >= 0.6 is 0 Å². The van der Waals surface area contributed by atoms with Crippen molar-refractivity contribution < 1.29 is 9.66 Å². The van der Waals surface area contributed by atoms with Crippen LogP contribution in [-0.4, -0.2) is 28.2 Å². The highest BCUT2D eigenvalue weighted by Gasteiger charge is 2.41. The second kappa shape index (κ2) is 4.48. The molecule has 0 spiro atoms. The second-order valence-corrected chi connectivity index (χ2v) is 4.82. The molecule has 3 atom stereocenters. The van der Waals surface area contributed by atoms with E-state index in [1.165, 1.54) is 12.3 Å². The molecule has 1 N–H and O–H groups in total. The number of nitrogens with one attached hydrogen (secondary N) is 1. The first-order chi connectivity index (χ1) is 9.17. The molecule has 2 bridgehead atoms. The predicted octanol–water partition coefficient (Wildman–Crippen LogP) is 1.59. The maximum atomic E-state index is 11.0. The number of ether oxygens (including phenoxy) is 1. The summed E-state index contributed by atoms with van der Waals surface area (Å²) >= 11 is 0. The van der Waals surface area contributed by atoms with E-state index in [1.54, 1.807) is 0 Å². The van der Waals surface area contributed by atoms with Gasteiger partial charge in [-0.15, -0.1) is 0 Å². The lowest BCUT2D eigenvalue weighted by molar-refractivity contribution is -0.384. The van der Waals surface area contributed by atoms with Crippen LogP contribution in [0.15, 0.2) is 12.3 Å². The van der Waals surface area contributed by atoms with Crippen LogP contribution in [0.25, 0.3) is 0 Å². The zero-order valence-corrected chi connectivity index (χ0v) is 10.1. The zero-order chi connectivity index (χ0) is 13.4. The van der Waals surface area contributed by atoms with E-state index < -0.39 is 4.92 Å². The third-order valence-electron chi connectivity index (χ3n) is 3.62. The number of nitriles is 1. The van der Waals surface area contributed by atoms with Crippen LogP contribution < -0.4 is 5.32 Å². The number of rotatable bonds is 3. The summed E-state index contributed by atoms with van der Waals surface area (Å²) in [5.74, 6) is 0.213. The molecule has 0 radical (unpaired) electrons. The van der Waals surface area contributed by atoms with Crippen LogP contribution in [-0.2, 0) is 4.74 Å². The summed E-state index contributed by atoms with van der Waals surface area (Å²) in [6, 6.07) is 3.16. The lowest BCUT2D eigenvalue weighted by Crippen LogP contribution is -2.31. The lowest BCUT2D eigenvalue weighted by Gasteiger charge is -2.20. The monoisotopic (exact) mass is 260 g/mol. The number of fused-ring (bicyclic) bond motifs is 2. The fraction of sp³-hybridized carbons (Fsp3) is 0.500. The van der Waals surface area contributed by atoms with Crippen LogP contribution in [0.5, 0.6) is 0 Å². The Morgan fingerprint density at radius 3 is 3.00 bits per heavy atom. The summed E-state index contributed by atoms with van der Waals surface area (Å²) in [5.41, 5.74) is 0.0169. The first-order valence-electron chi connectivity index (χ1n) is 6.14. The Bertz CT molecular complexity index is 569. The highest BCUT2D eigenvalue weighted by molar-refractivity contribution is 5.59. The third-order valence-corrected chi connectivity index (χ3v) is 3.62. The van der Waals surface area contributed by atoms with E-state index in [0.29, 0.717) is 0 Å². The van der Waals surface area contributed by atoms with E-state index in [9.17, 15) is 10.1 Å². The number of hydrogen-bond acceptors (Lipinski definition) is 6. The summed E-state index contributed by atoms with van der Waals surface area (Å²) < 4.78 is 5.69. The summed E-state index contributed by atoms with van der Waals surface area (Å²) in [6.07, 6.45) is 4.60. The van der Waals surface area contributed by atoms with Crippen molar-refractivity contribution >= 4 is 11.5 Å². The minimum absolute atomic E-state index is 0.0675. The van der Waals surface area contributed by atoms with E-state index in [2.05, 4.69) is 10.3 Å². The molecular formula is C12H12N4O3. The highest BCUT2D eigenvalue weighted by atomic mass is 16.6. The van der Waals surface area contributed by atoms with Gasteiger partial charge in [0.1, 0.15) is 6.07 Å². The molecule has 98 valence electrons. The Morgan fingerprint density at radius 2 is 2.42 bits per heavy atom. The van der Waals surface area contributed by atoms with E-state index in [4.69, 9.17) is 10.00 Å². The smallest absolute Gasteiger partial charge is 0.312 e. The van der Waals surface area contributed by atoms with Crippen molar-refractivity contribution in [2.24, 2.45) is 0 Å². The summed E-state index contributed by atoms with van der Waals surface area (Å²) in [6.45, 7) is 0. The maximum Gasteiger partial charge on any atom is 0.312 e. The Morgan fingerprint density at radius 1 is 1.58 bits per heavy atom. The molecule has 0 aromatic carbocycles. The normalized spacial score (nSPS) is 28.1. The molecule has 0 amide bonds. The van der Waals surface area contributed by atoms with Crippen molar-refractivity contribution in [1.29, 1.82) is 5.26 Å². The van der Waals surface area contributed by atoms with Gasteiger partial charge < -0.3 is 10.1 Å². The molecule has 3 unspecified atom stereocenters. The Kier molecular flexibility index (Phi) is 2.80. The number of hydrogen-bond donors (Lipinski definition) is 1. The van der Waals surface area contributed by atoms with Crippen molar-refractivity contribution in [2.45, 2.75) is 37.5 Å². The molecule has 2 aliphatic heterocycles. The van der Waals surface area contributed by atoms with Crippen molar-refractivity contribution in [3.8, 4) is 6.07 Å². The Hall–Kier alpha value is -2.20. The number of nitrogens with zero attached hydrogens (tertiary/aromatic N) is 3. The maximum absolute atomic E-state index is 11.0. The van der Waals surface area contributed by atoms with Gasteiger partial charge in [-0.25, -0.2) is 4.98 Å². The molecule has 0 aliphatic carbocycles. The fourth-order valence-corrected chi connectivity index (χ4v) is 2.73. The average molecular weight is 260 g/mol. The van der Waals surface area contributed by atoms with Gasteiger partial charge in [0.15, 0.2) is 0 Å². The Balaban J connectivity index is 1.84. The molecule has 19 heavy (non-hydrogen) atoms. The number of aromatic nitrogens is 1. The second-order valence-electron chi connectivity index (χ2n) is 4.82. The highest BCUT2D eigenvalue weighted by Crippen LogP contribution is 2.36. The SMILES string of the molecule is N#Cc1cnc(NC2CC3CCC2O3)c([N+](=O)[O-])c1. The van der Waals surface area contributed by atoms with E-state index in [-0.39, 0.29) is 35.3 Å². The van der Waals surface area contributed by atoms with E-state index in [0.717, 1.165) is 19.3 Å². The van der Waals surface area contributed by atoms with Crippen molar-refractivity contribution in [3.05, 3.63) is 27.9 Å². The molecule has 3 heterocycles. The predicted molar refractivity (Wildman–Crippen MR) is 65.5 cm³/mol. The topological polar surface area (TPSA) is 101 Å². The standard InChI is InChI=1S/C12H12N4O3/c13-5-7-3-10(16(17)18)12(14-6-7)15-9-4-8-1-2-11(9)19-8/h3,6,8-9,11H,1-2,4H2,(H,14,15). The van der Waals surface area contributed by atoms with Gasteiger partial charge in [-0.05, 0) is 19.3 Å². The van der Waals surface area contributed by atoms with Gasteiger partial charge in [0.25, 0.3) is 0 Å². The van der Waals surface area contributed by atoms with E-state index in [1.807, 2.05) is 6.07 Å². The molecule has 7 heteroatoms. The molecule has 0 saturated carbocycles. The molecule has 3 rings (SSSR count). The minimum Gasteiger partial charge on any atom is -0.373 e. The first kappa shape index (κ1) is 11.9. The molecule has 2 aliphatic rings. The Labute approximate surface area is 109 Å².